The molecular weight excluding hydrogens is 440 g/mol. The fraction of sp³-hybridized carbons (Fsp3) is 0.769. The lowest BCUT2D eigenvalue weighted by atomic mass is 10.1. The zero-order chi connectivity index (χ0) is 24.3. The van der Waals surface area contributed by atoms with Gasteiger partial charge in [0.25, 0.3) is 0 Å². The molecule has 0 atom stereocenters. The van der Waals surface area contributed by atoms with Gasteiger partial charge in [0, 0.05) is 0 Å². The van der Waals surface area contributed by atoms with E-state index >= 15 is 0 Å². The van der Waals surface area contributed by atoms with Crippen molar-refractivity contribution in [1.82, 2.24) is 0 Å². The number of hydrogen-bond acceptors (Lipinski definition) is 5. The van der Waals surface area contributed by atoms with Gasteiger partial charge < -0.3 is 19.7 Å². The number of hydrogen-bond donors (Lipinski definition) is 2. The molecule has 0 amide bonds. The van der Waals surface area contributed by atoms with Gasteiger partial charge in [0.15, 0.2) is 21.3 Å². The molecule has 7 heteroatoms. The van der Waals surface area contributed by atoms with Crippen LogP contribution in [0.15, 0.2) is 0 Å². The highest BCUT2D eigenvalue weighted by molar-refractivity contribution is 7.16. The molecule has 0 aliphatic rings. The van der Waals surface area contributed by atoms with Crippen LogP contribution in [0.1, 0.15) is 136 Å². The highest BCUT2D eigenvalue weighted by Gasteiger charge is 2.29. The summed E-state index contributed by atoms with van der Waals surface area (Å²) in [6.07, 6.45) is 18.4. The lowest BCUT2D eigenvalue weighted by molar-refractivity contribution is 0.0685. The SMILES string of the molecule is CCCCCCCCCCOc1c(C(=O)O)sc(C(=O)O)c1OCCCCCCCCCC. The molecule has 1 aromatic rings. The van der Waals surface area contributed by atoms with Crippen LogP contribution in [-0.2, 0) is 0 Å². The van der Waals surface area contributed by atoms with E-state index in [1.54, 1.807) is 0 Å². The van der Waals surface area contributed by atoms with Crippen molar-refractivity contribution in [1.29, 1.82) is 0 Å². The normalized spacial score (nSPS) is 11.0. The predicted octanol–water partition coefficient (Wildman–Crippen LogP) is 8.18. The van der Waals surface area contributed by atoms with Crippen molar-refractivity contribution in [3.63, 3.8) is 0 Å². The molecule has 0 radical (unpaired) electrons. The quantitative estimate of drug-likeness (QED) is 0.161. The van der Waals surface area contributed by atoms with E-state index in [0.29, 0.717) is 24.6 Å². The molecular formula is C26H44O6S. The third-order valence-electron chi connectivity index (χ3n) is 5.70. The minimum Gasteiger partial charge on any atom is -0.488 e. The van der Waals surface area contributed by atoms with Gasteiger partial charge in [-0.15, -0.1) is 11.3 Å². The van der Waals surface area contributed by atoms with Crippen molar-refractivity contribution in [2.45, 2.75) is 117 Å². The second-order valence-electron chi connectivity index (χ2n) is 8.68. The summed E-state index contributed by atoms with van der Waals surface area (Å²) in [5.74, 6) is -2.22. The van der Waals surface area contributed by atoms with Crippen LogP contribution in [0.4, 0.5) is 0 Å². The van der Waals surface area contributed by atoms with Gasteiger partial charge in [0.2, 0.25) is 0 Å². The minimum atomic E-state index is -1.18. The fourth-order valence-corrected chi connectivity index (χ4v) is 4.63. The molecule has 1 aromatic heterocycles. The Bertz CT molecular complexity index is 615. The van der Waals surface area contributed by atoms with Crippen molar-refractivity contribution in [2.24, 2.45) is 0 Å². The number of rotatable bonds is 22. The summed E-state index contributed by atoms with van der Waals surface area (Å²) in [7, 11) is 0. The zero-order valence-corrected chi connectivity index (χ0v) is 21.5. The molecule has 1 heterocycles. The topological polar surface area (TPSA) is 93.1 Å². The minimum absolute atomic E-state index is 0.0763. The molecule has 0 bridgehead atoms. The summed E-state index contributed by atoms with van der Waals surface area (Å²) in [5.41, 5.74) is 0. The summed E-state index contributed by atoms with van der Waals surface area (Å²) >= 11 is 0.712. The van der Waals surface area contributed by atoms with Gasteiger partial charge in [0.05, 0.1) is 13.2 Å². The van der Waals surface area contributed by atoms with Crippen LogP contribution in [0.2, 0.25) is 0 Å². The Morgan fingerprint density at radius 2 is 0.879 bits per heavy atom. The van der Waals surface area contributed by atoms with Crippen LogP contribution in [0.5, 0.6) is 11.5 Å². The number of unbranched alkanes of at least 4 members (excludes halogenated alkanes) is 14. The maximum atomic E-state index is 11.7. The predicted molar refractivity (Wildman–Crippen MR) is 134 cm³/mol. The van der Waals surface area contributed by atoms with E-state index in [9.17, 15) is 19.8 Å². The van der Waals surface area contributed by atoms with Crippen molar-refractivity contribution < 1.29 is 29.3 Å². The smallest absolute Gasteiger partial charge is 0.349 e. The summed E-state index contributed by atoms with van der Waals surface area (Å²) in [6.45, 7) is 5.13. The van der Waals surface area contributed by atoms with Gasteiger partial charge in [-0.05, 0) is 12.8 Å². The number of carboxylic acid groups (broad SMARTS) is 2. The molecule has 0 fully saturated rings. The van der Waals surface area contributed by atoms with Crippen molar-refractivity contribution in [3.8, 4) is 11.5 Å². The highest BCUT2D eigenvalue weighted by atomic mass is 32.1. The van der Waals surface area contributed by atoms with Crippen LogP contribution < -0.4 is 9.47 Å². The van der Waals surface area contributed by atoms with E-state index in [-0.39, 0.29) is 21.3 Å². The highest BCUT2D eigenvalue weighted by Crippen LogP contribution is 2.42. The molecule has 0 saturated carbocycles. The van der Waals surface area contributed by atoms with E-state index in [4.69, 9.17) is 9.47 Å². The Hall–Kier alpha value is -1.76. The first-order valence-electron chi connectivity index (χ1n) is 12.9. The molecule has 1 rings (SSSR count). The molecule has 0 saturated heterocycles. The molecule has 0 unspecified atom stereocenters. The molecule has 33 heavy (non-hydrogen) atoms. The summed E-state index contributed by atoms with van der Waals surface area (Å²) < 4.78 is 11.6. The second kappa shape index (κ2) is 18.6. The monoisotopic (exact) mass is 484 g/mol. The van der Waals surface area contributed by atoms with Crippen LogP contribution in [0, 0.1) is 0 Å². The Morgan fingerprint density at radius 3 is 1.18 bits per heavy atom. The number of aromatic carboxylic acids is 2. The largest absolute Gasteiger partial charge is 0.488 e. The maximum absolute atomic E-state index is 11.7. The van der Waals surface area contributed by atoms with Gasteiger partial charge >= 0.3 is 11.9 Å². The van der Waals surface area contributed by atoms with Crippen molar-refractivity contribution >= 4 is 23.3 Å². The average Bonchev–Trinajstić information content (AvgIpc) is 3.16. The number of carboxylic acids is 2. The second-order valence-corrected chi connectivity index (χ2v) is 9.70. The van der Waals surface area contributed by atoms with Crippen LogP contribution in [-0.4, -0.2) is 35.4 Å². The number of thiophene rings is 1. The molecule has 0 spiro atoms. The Morgan fingerprint density at radius 1 is 0.576 bits per heavy atom. The van der Waals surface area contributed by atoms with Crippen LogP contribution >= 0.6 is 11.3 Å². The summed E-state index contributed by atoms with van der Waals surface area (Å²) in [6, 6.07) is 0. The van der Waals surface area contributed by atoms with E-state index < -0.39 is 11.9 Å². The third-order valence-corrected chi connectivity index (χ3v) is 6.83. The first kappa shape index (κ1) is 29.3. The van der Waals surface area contributed by atoms with Gasteiger partial charge in [0.1, 0.15) is 0 Å². The van der Waals surface area contributed by atoms with Crippen LogP contribution in [0.25, 0.3) is 0 Å². The van der Waals surface area contributed by atoms with Gasteiger partial charge in [-0.3, -0.25) is 0 Å². The molecule has 0 aliphatic carbocycles. The molecule has 190 valence electrons. The van der Waals surface area contributed by atoms with Gasteiger partial charge in [-0.1, -0.05) is 104 Å². The lowest BCUT2D eigenvalue weighted by Crippen LogP contribution is -2.06. The Balaban J connectivity index is 2.52. The van der Waals surface area contributed by atoms with Gasteiger partial charge in [-0.2, -0.15) is 0 Å². The third kappa shape index (κ3) is 12.3. The van der Waals surface area contributed by atoms with Crippen molar-refractivity contribution in [2.75, 3.05) is 13.2 Å². The van der Waals surface area contributed by atoms with Crippen molar-refractivity contribution in [3.05, 3.63) is 9.75 Å². The zero-order valence-electron chi connectivity index (χ0n) is 20.7. The van der Waals surface area contributed by atoms with Gasteiger partial charge in [-0.25, -0.2) is 9.59 Å². The number of carbonyl (C=O) groups is 2. The van der Waals surface area contributed by atoms with Crippen LogP contribution in [0.3, 0.4) is 0 Å². The number of ether oxygens (including phenoxy) is 2. The first-order chi connectivity index (χ1) is 16.0. The lowest BCUT2D eigenvalue weighted by Gasteiger charge is -2.11. The first-order valence-corrected chi connectivity index (χ1v) is 13.7. The Kier molecular flexibility index (Phi) is 16.5. The summed E-state index contributed by atoms with van der Waals surface area (Å²) in [4.78, 5) is 23.2. The van der Waals surface area contributed by atoms with E-state index in [1.165, 1.54) is 64.2 Å². The molecule has 2 N–H and O–H groups in total. The van der Waals surface area contributed by atoms with E-state index in [0.717, 1.165) is 38.5 Å². The fourth-order valence-electron chi connectivity index (χ4n) is 3.77. The van der Waals surface area contributed by atoms with E-state index in [1.807, 2.05) is 0 Å². The molecule has 6 nitrogen and oxygen atoms in total. The van der Waals surface area contributed by atoms with E-state index in [2.05, 4.69) is 13.8 Å². The standard InChI is InChI=1S/C26H44O6S/c1-3-5-7-9-11-13-15-17-19-31-21-22(24(26(29)30)33-23(21)25(27)28)32-20-18-16-14-12-10-8-6-4-2/h3-20H2,1-2H3,(H,27,28)(H,29,30). The Labute approximate surface area is 203 Å². The maximum Gasteiger partial charge on any atom is 0.349 e. The summed E-state index contributed by atoms with van der Waals surface area (Å²) in [5, 5.41) is 19.1. The molecule has 0 aliphatic heterocycles. The molecule has 0 aromatic carbocycles. The average molecular weight is 485 g/mol.